The van der Waals surface area contributed by atoms with Gasteiger partial charge in [0.2, 0.25) is 5.79 Å². The molecule has 0 radical (unpaired) electrons. The highest BCUT2D eigenvalue weighted by Gasteiger charge is 2.65. The normalized spacial score (nSPS) is 23.0. The lowest BCUT2D eigenvalue weighted by Crippen LogP contribution is -2.70. The number of amides is 1. The molecule has 0 saturated heterocycles. The third-order valence-electron chi connectivity index (χ3n) is 12.1. The summed E-state index contributed by atoms with van der Waals surface area (Å²) in [5, 5.41) is 24.9. The fourth-order valence-corrected chi connectivity index (χ4v) is 10.2. The molecule has 2 N–H and O–H groups in total. The molecule has 348 valence electrons. The number of nitrogens with zero attached hydrogens (tertiary/aromatic N) is 2. The first-order valence-corrected chi connectivity index (χ1v) is 24.2. The molecule has 11 nitrogen and oxygen atoms in total. The van der Waals surface area contributed by atoms with E-state index in [1.54, 1.807) is 22.7 Å². The molecule has 1 saturated carbocycles. The zero-order chi connectivity index (χ0) is 45.4. The van der Waals surface area contributed by atoms with E-state index in [1.165, 1.54) is 4.90 Å². The van der Waals surface area contributed by atoms with Gasteiger partial charge in [0.15, 0.2) is 0 Å². The lowest BCUT2D eigenvalue weighted by molar-refractivity contribution is -0.255. The van der Waals surface area contributed by atoms with Crippen LogP contribution in [0.5, 0.6) is 11.5 Å². The predicted molar refractivity (Wildman–Crippen MR) is 253 cm³/mol. The standard InChI is InChI=1S/C52H70N2O9S/c1-6-26-54(50(57)60-31-30-58-37-38-18-10-8-11-19-38)47-36-45(53-63-51(3,4)5)43-34-39(20-14-16-27-55)42(23-15-17-28-56)48-44-35-40(59-32-33-64-41-21-12-9-13-22-41)24-25-46(44)62-52(47,49(43)48)61-29-7-2/h7-13,18-19,21-22,24-25,34-35,39,42,47-49,55-56H,2,6,14-17,20,23,26-33,36-37H2,1,3-5H3/t39-,42+,47-,48+,49+,52+/m0/s1. The molecule has 3 aliphatic rings. The highest BCUT2D eigenvalue weighted by Crippen LogP contribution is 2.62. The number of hydrogen-bond acceptors (Lipinski definition) is 11. The van der Waals surface area contributed by atoms with Gasteiger partial charge in [0.1, 0.15) is 29.7 Å². The summed E-state index contributed by atoms with van der Waals surface area (Å²) >= 11 is 1.75. The molecule has 3 aromatic rings. The van der Waals surface area contributed by atoms with Crippen LogP contribution in [0, 0.1) is 17.8 Å². The first-order chi connectivity index (χ1) is 31.1. The van der Waals surface area contributed by atoms with Gasteiger partial charge in [-0.25, -0.2) is 4.79 Å². The van der Waals surface area contributed by atoms with Gasteiger partial charge in [-0.2, -0.15) is 0 Å². The number of rotatable bonds is 25. The van der Waals surface area contributed by atoms with Crippen LogP contribution in [-0.2, 0) is 25.7 Å². The van der Waals surface area contributed by atoms with Crippen molar-refractivity contribution in [1.29, 1.82) is 0 Å². The zero-order valence-corrected chi connectivity index (χ0v) is 39.1. The molecule has 3 aromatic carbocycles. The topological polar surface area (TPSA) is 129 Å². The minimum Gasteiger partial charge on any atom is -0.493 e. The Morgan fingerprint density at radius 2 is 1.70 bits per heavy atom. The zero-order valence-electron chi connectivity index (χ0n) is 38.3. The van der Waals surface area contributed by atoms with E-state index in [9.17, 15) is 15.0 Å². The van der Waals surface area contributed by atoms with E-state index >= 15 is 0 Å². The van der Waals surface area contributed by atoms with Gasteiger partial charge >= 0.3 is 6.09 Å². The Hall–Kier alpha value is -4.33. The van der Waals surface area contributed by atoms with Crippen molar-refractivity contribution in [3.05, 3.63) is 114 Å². The average molecular weight is 899 g/mol. The lowest BCUT2D eigenvalue weighted by Gasteiger charge is -2.60. The SMILES string of the molecule is C=CCO[C@@]12Oc3ccc(OCCSc4ccccc4)cc3[C@H]3[C@H](CCCCO)[C@@H](CCCCO)C=C(C(=NOC(C)(C)C)C[C@@H]1N(CCC)C(=O)OCCOCc1ccccc1)[C@H]32. The predicted octanol–water partition coefficient (Wildman–Crippen LogP) is 10.4. The summed E-state index contributed by atoms with van der Waals surface area (Å²) in [6.45, 7) is 14.0. The van der Waals surface area contributed by atoms with Crippen LogP contribution in [0.2, 0.25) is 0 Å². The number of carbonyl (C=O) groups excluding carboxylic acids is 1. The Bertz CT molecular complexity index is 1970. The number of allylic oxidation sites excluding steroid dienone is 1. The van der Waals surface area contributed by atoms with Crippen molar-refractivity contribution in [2.24, 2.45) is 22.9 Å². The summed E-state index contributed by atoms with van der Waals surface area (Å²) in [6, 6.07) is 25.6. The van der Waals surface area contributed by atoms with Crippen molar-refractivity contribution in [2.75, 3.05) is 51.9 Å². The quantitative estimate of drug-likeness (QED) is 0.0367. The van der Waals surface area contributed by atoms with Gasteiger partial charge in [0, 0.05) is 48.3 Å². The molecule has 1 fully saturated rings. The van der Waals surface area contributed by atoms with Crippen LogP contribution in [0.25, 0.3) is 0 Å². The van der Waals surface area contributed by atoms with Gasteiger partial charge in [-0.3, -0.25) is 4.90 Å². The third-order valence-corrected chi connectivity index (χ3v) is 13.1. The van der Waals surface area contributed by atoms with Gasteiger partial charge in [-0.1, -0.05) is 85.6 Å². The van der Waals surface area contributed by atoms with Crippen LogP contribution in [0.3, 0.4) is 0 Å². The smallest absolute Gasteiger partial charge is 0.410 e. The number of benzene rings is 3. The fraction of sp³-hybridized carbons (Fsp3) is 0.538. The Labute approximate surface area is 385 Å². The molecule has 1 heterocycles. The summed E-state index contributed by atoms with van der Waals surface area (Å²) in [5.74, 6) is 0.436. The summed E-state index contributed by atoms with van der Waals surface area (Å²) in [6.07, 6.45) is 9.29. The first kappa shape index (κ1) is 49.1. The molecule has 0 bridgehead atoms. The van der Waals surface area contributed by atoms with Crippen LogP contribution in [0.15, 0.2) is 113 Å². The molecule has 1 amide bonds. The van der Waals surface area contributed by atoms with Gasteiger partial charge < -0.3 is 38.7 Å². The Morgan fingerprint density at radius 1 is 0.969 bits per heavy atom. The second kappa shape index (κ2) is 24.3. The average Bonchev–Trinajstić information content (AvgIpc) is 3.29. The van der Waals surface area contributed by atoms with E-state index in [4.69, 9.17) is 33.7 Å². The molecule has 6 rings (SSSR count). The number of thioether (sulfide) groups is 1. The number of unbranched alkanes of at least 4 members (excludes halogenated alkanes) is 2. The van der Waals surface area contributed by atoms with Crippen LogP contribution in [-0.4, -0.2) is 96.3 Å². The maximum atomic E-state index is 14.5. The molecule has 12 heteroatoms. The highest BCUT2D eigenvalue weighted by atomic mass is 32.2. The van der Waals surface area contributed by atoms with E-state index in [0.29, 0.717) is 44.8 Å². The van der Waals surface area contributed by atoms with Crippen LogP contribution >= 0.6 is 11.8 Å². The number of aliphatic hydroxyl groups excluding tert-OH is 2. The Kier molecular flexibility index (Phi) is 18.6. The molecule has 0 spiro atoms. The molecule has 6 atom stereocenters. The van der Waals surface area contributed by atoms with Crippen LogP contribution in [0.4, 0.5) is 4.79 Å². The summed E-state index contributed by atoms with van der Waals surface area (Å²) in [4.78, 5) is 23.8. The summed E-state index contributed by atoms with van der Waals surface area (Å²) < 4.78 is 32.9. The van der Waals surface area contributed by atoms with Crippen LogP contribution in [0.1, 0.15) is 96.1 Å². The molecule has 64 heavy (non-hydrogen) atoms. The second-order valence-electron chi connectivity index (χ2n) is 17.8. The van der Waals surface area contributed by atoms with Crippen molar-refractivity contribution in [3.63, 3.8) is 0 Å². The van der Waals surface area contributed by atoms with Gasteiger partial charge in [0.25, 0.3) is 0 Å². The summed E-state index contributed by atoms with van der Waals surface area (Å²) in [5.41, 5.74) is 3.20. The van der Waals surface area contributed by atoms with Crippen molar-refractivity contribution in [3.8, 4) is 11.5 Å². The number of carbonyl (C=O) groups is 1. The maximum Gasteiger partial charge on any atom is 0.410 e. The van der Waals surface area contributed by atoms with E-state index in [0.717, 1.165) is 59.6 Å². The van der Waals surface area contributed by atoms with E-state index in [-0.39, 0.29) is 57.2 Å². The van der Waals surface area contributed by atoms with Crippen LogP contribution < -0.4 is 9.47 Å². The Balaban J connectivity index is 1.44. The summed E-state index contributed by atoms with van der Waals surface area (Å²) in [7, 11) is 0. The van der Waals surface area contributed by atoms with Crippen molar-refractivity contribution < 1.29 is 43.5 Å². The third kappa shape index (κ3) is 12.7. The Morgan fingerprint density at radius 3 is 2.41 bits per heavy atom. The maximum absolute atomic E-state index is 14.5. The minimum atomic E-state index is -1.38. The number of ether oxygens (including phenoxy) is 5. The van der Waals surface area contributed by atoms with Crippen molar-refractivity contribution >= 4 is 23.6 Å². The van der Waals surface area contributed by atoms with Gasteiger partial charge in [-0.15, -0.1) is 18.3 Å². The number of hydrogen-bond donors (Lipinski definition) is 2. The van der Waals surface area contributed by atoms with Gasteiger partial charge in [0.05, 0.1) is 38.1 Å². The minimum absolute atomic E-state index is 0.0726. The van der Waals surface area contributed by atoms with E-state index < -0.39 is 29.4 Å². The highest BCUT2D eigenvalue weighted by molar-refractivity contribution is 7.99. The fourth-order valence-electron chi connectivity index (χ4n) is 9.42. The monoisotopic (exact) mass is 898 g/mol. The van der Waals surface area contributed by atoms with E-state index in [2.05, 4.69) is 30.9 Å². The second-order valence-corrected chi connectivity index (χ2v) is 19.0. The molecule has 2 aliphatic carbocycles. The molecule has 0 aromatic heterocycles. The van der Waals surface area contributed by atoms with Crippen molar-refractivity contribution in [2.45, 2.75) is 114 Å². The molecule has 1 aliphatic heterocycles. The number of fused-ring (bicyclic) bond motifs is 2. The first-order valence-electron chi connectivity index (χ1n) is 23.2. The van der Waals surface area contributed by atoms with Crippen molar-refractivity contribution in [1.82, 2.24) is 4.90 Å². The van der Waals surface area contributed by atoms with E-state index in [1.807, 2.05) is 88.4 Å². The van der Waals surface area contributed by atoms with Gasteiger partial charge in [-0.05, 0) is 106 Å². The number of aliphatic hydroxyl groups is 2. The number of oxime groups is 1. The molecular formula is C52H70N2O9S. The molecule has 0 unspecified atom stereocenters. The lowest BCUT2D eigenvalue weighted by atomic mass is 9.55. The molecular weight excluding hydrogens is 829 g/mol. The largest absolute Gasteiger partial charge is 0.493 e.